The normalized spacial score (nSPS) is 23.3. The van der Waals surface area contributed by atoms with Crippen LogP contribution in [0, 0.1) is 5.41 Å². The number of hydrazone groups is 1. The van der Waals surface area contributed by atoms with Gasteiger partial charge in [-0.2, -0.15) is 5.10 Å². The second-order valence-electron chi connectivity index (χ2n) is 4.39. The molecule has 0 aromatic heterocycles. The fraction of sp³-hybridized carbons (Fsp3) is 0.778. The molecule has 0 aromatic carbocycles. The second-order valence-corrected chi connectivity index (χ2v) is 4.77. The molecule has 4 heteroatoms. The van der Waals surface area contributed by atoms with Crippen LogP contribution in [0.15, 0.2) is 5.10 Å². The molecule has 3 nitrogen and oxygen atoms in total. The van der Waals surface area contributed by atoms with E-state index in [1.165, 1.54) is 0 Å². The molecular formula is C9H15ClN2O. The molecule has 1 atom stereocenters. The fourth-order valence-corrected chi connectivity index (χ4v) is 1.52. The predicted molar refractivity (Wildman–Crippen MR) is 53.9 cm³/mol. The molecule has 0 fully saturated rings. The van der Waals surface area contributed by atoms with Gasteiger partial charge in [-0.25, -0.2) is 0 Å². The summed E-state index contributed by atoms with van der Waals surface area (Å²) in [5.74, 6) is 0. The van der Waals surface area contributed by atoms with E-state index in [9.17, 15) is 4.79 Å². The number of hydrogen-bond acceptors (Lipinski definition) is 3. The van der Waals surface area contributed by atoms with Crippen molar-refractivity contribution in [1.29, 1.82) is 0 Å². The van der Waals surface area contributed by atoms with Crippen LogP contribution in [0.5, 0.6) is 0 Å². The Morgan fingerprint density at radius 1 is 1.62 bits per heavy atom. The summed E-state index contributed by atoms with van der Waals surface area (Å²) in [5.41, 5.74) is 1.06. The van der Waals surface area contributed by atoms with Crippen LogP contribution in [0.1, 0.15) is 27.2 Å². The molecule has 1 rings (SSSR count). The van der Waals surface area contributed by atoms with Crippen LogP contribution in [0.25, 0.3) is 0 Å². The number of nitrogens with zero attached hydrogens (tertiary/aromatic N) is 2. The molecular weight excluding hydrogens is 188 g/mol. The molecule has 74 valence electrons. The molecule has 0 saturated carbocycles. The highest BCUT2D eigenvalue weighted by atomic mass is 35.5. The summed E-state index contributed by atoms with van der Waals surface area (Å²) in [5, 5.41) is 5.63. The Hall–Kier alpha value is -0.570. The van der Waals surface area contributed by atoms with Gasteiger partial charge in [-0.05, 0) is 11.6 Å². The monoisotopic (exact) mass is 202 g/mol. The lowest BCUT2D eigenvalue weighted by molar-refractivity contribution is -0.115. The van der Waals surface area contributed by atoms with Crippen molar-refractivity contribution in [2.45, 2.75) is 33.2 Å². The molecule has 0 spiro atoms. The molecule has 1 heterocycles. The molecule has 13 heavy (non-hydrogen) atoms. The molecule has 0 radical (unpaired) electrons. The fourth-order valence-electron chi connectivity index (χ4n) is 1.30. The first kappa shape index (κ1) is 10.5. The molecule has 0 aliphatic carbocycles. The quantitative estimate of drug-likeness (QED) is 0.608. The van der Waals surface area contributed by atoms with Gasteiger partial charge in [-0.15, -0.1) is 0 Å². The maximum absolute atomic E-state index is 11.0. The van der Waals surface area contributed by atoms with Gasteiger partial charge in [0.25, 0.3) is 0 Å². The first-order valence-corrected chi connectivity index (χ1v) is 4.70. The maximum Gasteiger partial charge on any atom is 0.246 e. The number of likely N-dealkylation sites (N-methyl/N-ethyl adjacent to an activating group) is 1. The van der Waals surface area contributed by atoms with Crippen molar-refractivity contribution in [2.24, 2.45) is 10.5 Å². The Kier molecular flexibility index (Phi) is 2.66. The van der Waals surface area contributed by atoms with E-state index in [0.29, 0.717) is 6.42 Å². The summed E-state index contributed by atoms with van der Waals surface area (Å²) in [6, 6.07) is -0.268. The van der Waals surface area contributed by atoms with Crippen LogP contribution in [0.3, 0.4) is 0 Å². The van der Waals surface area contributed by atoms with Crippen molar-refractivity contribution in [3.8, 4) is 0 Å². The van der Waals surface area contributed by atoms with Gasteiger partial charge >= 0.3 is 0 Å². The Labute approximate surface area is 83.7 Å². The maximum atomic E-state index is 11.0. The second kappa shape index (κ2) is 3.29. The van der Waals surface area contributed by atoms with Gasteiger partial charge < -0.3 is 0 Å². The van der Waals surface area contributed by atoms with Crippen molar-refractivity contribution >= 4 is 22.6 Å². The van der Waals surface area contributed by atoms with Gasteiger partial charge in [0.05, 0.1) is 0 Å². The zero-order chi connectivity index (χ0) is 10.2. The third-order valence-corrected chi connectivity index (χ3v) is 2.50. The Bertz CT molecular complexity index is 255. The Balaban J connectivity index is 2.77. The van der Waals surface area contributed by atoms with Gasteiger partial charge in [0, 0.05) is 24.6 Å². The SMILES string of the molecule is CN1N=C(C(C)(C)C)CC1C(=O)Cl. The van der Waals surface area contributed by atoms with E-state index < -0.39 is 0 Å². The van der Waals surface area contributed by atoms with E-state index in [1.54, 1.807) is 12.1 Å². The number of rotatable bonds is 1. The predicted octanol–water partition coefficient (Wildman–Crippen LogP) is 1.86. The topological polar surface area (TPSA) is 32.7 Å². The lowest BCUT2D eigenvalue weighted by Crippen LogP contribution is -2.29. The third-order valence-electron chi connectivity index (χ3n) is 2.24. The highest BCUT2D eigenvalue weighted by Crippen LogP contribution is 2.27. The highest BCUT2D eigenvalue weighted by molar-refractivity contribution is 6.65. The minimum atomic E-state index is -0.328. The van der Waals surface area contributed by atoms with Gasteiger partial charge in [0.2, 0.25) is 5.24 Å². The summed E-state index contributed by atoms with van der Waals surface area (Å²) in [4.78, 5) is 11.0. The van der Waals surface area contributed by atoms with E-state index >= 15 is 0 Å². The number of carbonyl (C=O) groups excluding carboxylic acids is 1. The first-order chi connectivity index (χ1) is 5.82. The van der Waals surface area contributed by atoms with E-state index in [2.05, 4.69) is 25.9 Å². The van der Waals surface area contributed by atoms with Gasteiger partial charge in [-0.3, -0.25) is 9.80 Å². The first-order valence-electron chi connectivity index (χ1n) is 4.32. The third kappa shape index (κ3) is 2.21. The van der Waals surface area contributed by atoms with Gasteiger partial charge in [0.15, 0.2) is 0 Å². The Morgan fingerprint density at radius 3 is 2.38 bits per heavy atom. The van der Waals surface area contributed by atoms with Crippen LogP contribution >= 0.6 is 11.6 Å². The van der Waals surface area contributed by atoms with Crippen molar-refractivity contribution in [3.63, 3.8) is 0 Å². The molecule has 0 N–H and O–H groups in total. The summed E-state index contributed by atoms with van der Waals surface area (Å²) in [7, 11) is 1.78. The molecule has 1 aliphatic rings. The van der Waals surface area contributed by atoms with E-state index in [4.69, 9.17) is 11.6 Å². The Morgan fingerprint density at radius 2 is 2.15 bits per heavy atom. The number of hydrogen-bond donors (Lipinski definition) is 0. The number of halogens is 1. The zero-order valence-corrected chi connectivity index (χ0v) is 9.22. The molecule has 0 bridgehead atoms. The average molecular weight is 203 g/mol. The van der Waals surface area contributed by atoms with Crippen molar-refractivity contribution < 1.29 is 4.79 Å². The van der Waals surface area contributed by atoms with Crippen molar-refractivity contribution in [3.05, 3.63) is 0 Å². The van der Waals surface area contributed by atoms with Crippen LogP contribution in [0.4, 0.5) is 0 Å². The minimum absolute atomic E-state index is 0.0232. The van der Waals surface area contributed by atoms with E-state index in [-0.39, 0.29) is 16.7 Å². The number of carbonyl (C=O) groups is 1. The standard InChI is InChI=1S/C9H15ClN2O/c1-9(2,3)7-5-6(8(10)13)12(4)11-7/h6H,5H2,1-4H3. The summed E-state index contributed by atoms with van der Waals surface area (Å²) in [6.07, 6.45) is 0.655. The van der Waals surface area contributed by atoms with Gasteiger partial charge in [-0.1, -0.05) is 20.8 Å². The van der Waals surface area contributed by atoms with Crippen LogP contribution in [-0.4, -0.2) is 29.1 Å². The van der Waals surface area contributed by atoms with Crippen LogP contribution in [-0.2, 0) is 4.79 Å². The zero-order valence-electron chi connectivity index (χ0n) is 8.47. The van der Waals surface area contributed by atoms with Crippen molar-refractivity contribution in [1.82, 2.24) is 5.01 Å². The lowest BCUT2D eigenvalue weighted by Gasteiger charge is -2.17. The summed E-state index contributed by atoms with van der Waals surface area (Å²) < 4.78 is 0. The molecule has 1 unspecified atom stereocenters. The van der Waals surface area contributed by atoms with E-state index in [1.807, 2.05) is 0 Å². The molecule has 0 saturated heterocycles. The average Bonchev–Trinajstić information content (AvgIpc) is 2.29. The molecule has 0 aromatic rings. The smallest absolute Gasteiger partial charge is 0.246 e. The largest absolute Gasteiger partial charge is 0.288 e. The summed E-state index contributed by atoms with van der Waals surface area (Å²) >= 11 is 5.44. The summed E-state index contributed by atoms with van der Waals surface area (Å²) in [6.45, 7) is 6.25. The van der Waals surface area contributed by atoms with E-state index in [0.717, 1.165) is 5.71 Å². The van der Waals surface area contributed by atoms with Crippen LogP contribution in [0.2, 0.25) is 0 Å². The highest BCUT2D eigenvalue weighted by Gasteiger charge is 2.33. The minimum Gasteiger partial charge on any atom is -0.288 e. The van der Waals surface area contributed by atoms with Gasteiger partial charge in [0.1, 0.15) is 6.04 Å². The lowest BCUT2D eigenvalue weighted by atomic mass is 9.87. The van der Waals surface area contributed by atoms with Crippen molar-refractivity contribution in [2.75, 3.05) is 7.05 Å². The molecule has 1 aliphatic heterocycles. The molecule has 0 amide bonds. The van der Waals surface area contributed by atoms with Crippen LogP contribution < -0.4 is 0 Å².